The van der Waals surface area contributed by atoms with Crippen molar-refractivity contribution in [3.8, 4) is 0 Å². The van der Waals surface area contributed by atoms with Crippen LogP contribution in [0, 0.1) is 0 Å². The Kier molecular flexibility index (Phi) is 21.2. The van der Waals surface area contributed by atoms with Crippen LogP contribution in [0.2, 0.25) is 0 Å². The molecule has 4 rings (SSSR count). The molecule has 0 radical (unpaired) electrons. The Morgan fingerprint density at radius 2 is 1.00 bits per heavy atom. The first-order valence-corrected chi connectivity index (χ1v) is 23.0. The minimum Gasteiger partial charge on any atom is -0.744 e. The number of anilines is 2. The molecule has 0 fully saturated rings. The molecule has 16 nitrogen and oxygen atoms in total. The quantitative estimate of drug-likeness (QED) is 0.107. The number of aliphatic carboxylic acids is 2. The fraction of sp³-hybridized carbons (Fsp3) is 0.611. The van der Waals surface area contributed by atoms with Gasteiger partial charge in [0.25, 0.3) is 0 Å². The summed E-state index contributed by atoms with van der Waals surface area (Å²) in [6.07, 6.45) is 5.01. The number of carboxylic acids is 2. The predicted molar refractivity (Wildman–Crippen MR) is 221 cm³/mol. The van der Waals surface area contributed by atoms with E-state index in [0.29, 0.717) is 12.8 Å². The molecule has 0 amide bonds. The predicted octanol–water partition coefficient (Wildman–Crippen LogP) is 3.51. The molecule has 56 heavy (non-hydrogen) atoms. The molecule has 0 saturated carbocycles. The topological polar surface area (TPSA) is 248 Å². The van der Waals surface area contributed by atoms with E-state index >= 15 is 0 Å². The van der Waals surface area contributed by atoms with Crippen molar-refractivity contribution in [2.45, 2.75) is 84.0 Å². The minimum absolute atomic E-state index is 0.147. The van der Waals surface area contributed by atoms with E-state index < -0.39 is 44.3 Å². The summed E-state index contributed by atoms with van der Waals surface area (Å²) >= 11 is 3.11. The molecule has 2 aliphatic rings. The van der Waals surface area contributed by atoms with E-state index in [9.17, 15) is 35.5 Å². The highest BCUT2D eigenvalue weighted by Crippen LogP contribution is 2.40. The molecule has 0 aromatic heterocycles. The molecule has 2 aromatic rings. The monoisotopic (exact) mass is 866 g/mol. The maximum absolute atomic E-state index is 10.8. The Hall–Kier alpha value is -2.66. The lowest BCUT2D eigenvalue weighted by Crippen LogP contribution is -2.35. The van der Waals surface area contributed by atoms with E-state index in [1.54, 1.807) is 35.7 Å². The summed E-state index contributed by atoms with van der Waals surface area (Å²) < 4.78 is 66.7. The van der Waals surface area contributed by atoms with E-state index in [0.717, 1.165) is 93.7 Å². The number of thioether (sulfide) groups is 2. The molecular weight excluding hydrogens is 805 g/mol. The fourth-order valence-electron chi connectivity index (χ4n) is 5.16. The molecule has 0 spiro atoms. The number of carbonyl (C=O) groups is 2. The van der Waals surface area contributed by atoms with Crippen LogP contribution in [0.15, 0.2) is 56.0 Å². The molecule has 320 valence electrons. The van der Waals surface area contributed by atoms with Crippen molar-refractivity contribution in [1.29, 1.82) is 0 Å². The van der Waals surface area contributed by atoms with Gasteiger partial charge in [0.1, 0.15) is 32.3 Å². The van der Waals surface area contributed by atoms with Gasteiger partial charge in [-0.25, -0.2) is 16.8 Å². The lowest BCUT2D eigenvalue weighted by molar-refractivity contribution is -0.870. The minimum atomic E-state index is -4.33. The van der Waals surface area contributed by atoms with Gasteiger partial charge in [-0.3, -0.25) is 9.59 Å². The molecule has 0 aliphatic carbocycles. The Morgan fingerprint density at radius 1 is 0.679 bits per heavy atom. The summed E-state index contributed by atoms with van der Waals surface area (Å²) in [6, 6.07) is 7.68. The summed E-state index contributed by atoms with van der Waals surface area (Å²) in [5.74, 6) is -0.168. The van der Waals surface area contributed by atoms with E-state index in [-0.39, 0.29) is 9.79 Å². The second-order valence-electron chi connectivity index (χ2n) is 15.3. The molecular formula is C36H62N6O10S4. The van der Waals surface area contributed by atoms with Crippen molar-refractivity contribution in [2.75, 3.05) is 90.0 Å². The Labute approximate surface area is 342 Å². The first-order chi connectivity index (χ1) is 25.7. The van der Waals surface area contributed by atoms with Gasteiger partial charge in [0, 0.05) is 22.9 Å². The first-order valence-electron chi connectivity index (χ1n) is 18.2. The summed E-state index contributed by atoms with van der Waals surface area (Å²) in [7, 11) is 4.07. The van der Waals surface area contributed by atoms with Crippen molar-refractivity contribution in [2.24, 2.45) is 11.5 Å². The number of carboxylic acid groups (broad SMARTS) is 2. The normalized spacial score (nSPS) is 14.9. The van der Waals surface area contributed by atoms with Gasteiger partial charge in [-0.1, -0.05) is 0 Å². The smallest absolute Gasteiger partial charge is 0.320 e. The largest absolute Gasteiger partial charge is 0.744 e. The third-order valence-electron chi connectivity index (χ3n) is 8.46. The number of hydrogen-bond acceptors (Lipinski definition) is 14. The zero-order valence-corrected chi connectivity index (χ0v) is 37.1. The van der Waals surface area contributed by atoms with E-state index in [2.05, 4.69) is 52.1 Å². The fourth-order valence-corrected chi connectivity index (χ4v) is 8.65. The van der Waals surface area contributed by atoms with Crippen molar-refractivity contribution in [1.82, 2.24) is 0 Å². The Bertz CT molecular complexity index is 1660. The lowest BCUT2D eigenvalue weighted by Gasteiger charge is -2.23. The van der Waals surface area contributed by atoms with Crippen LogP contribution in [0.5, 0.6) is 0 Å². The van der Waals surface area contributed by atoms with Gasteiger partial charge in [0.15, 0.2) is 0 Å². The van der Waals surface area contributed by atoms with Gasteiger partial charge < -0.3 is 49.6 Å². The van der Waals surface area contributed by atoms with E-state index in [1.807, 2.05) is 13.8 Å². The third kappa shape index (κ3) is 19.7. The number of benzene rings is 2. The zero-order chi connectivity index (χ0) is 43.1. The molecule has 0 saturated heterocycles. The zero-order valence-electron chi connectivity index (χ0n) is 33.8. The van der Waals surface area contributed by atoms with Gasteiger partial charge in [-0.05, 0) is 88.8 Å². The summed E-state index contributed by atoms with van der Waals surface area (Å²) in [6.45, 7) is 7.95. The highest BCUT2D eigenvalue weighted by atomic mass is 32.2. The molecule has 6 N–H and O–H groups in total. The number of nitrogens with two attached hydrogens (primary N) is 2. The van der Waals surface area contributed by atoms with Crippen molar-refractivity contribution in [3.63, 3.8) is 0 Å². The summed E-state index contributed by atoms with van der Waals surface area (Å²) in [4.78, 5) is 26.4. The number of hydrogen-bond donors (Lipinski definition) is 4. The van der Waals surface area contributed by atoms with Crippen LogP contribution in [0.4, 0.5) is 11.4 Å². The summed E-state index contributed by atoms with van der Waals surface area (Å²) in [5, 5.41) is 17.0. The molecule has 20 heteroatoms. The van der Waals surface area contributed by atoms with Gasteiger partial charge >= 0.3 is 11.9 Å². The standard InChI is InChI=1S/2C9H20N2O2.2C9H11NO3S2/c2*1-11(2,3)7-5-4-6-8(10)9(12)13;2*1-2-10-6-14-9-5-7(15(11,12)13)3-4-8(9)10/h2*8H,4-7,10H2,1-3H3;2*3-5H,2,6H2,1H3,(H,11,12,13)/t2*8-;;/m00../s1. The van der Waals surface area contributed by atoms with E-state index in [4.69, 9.17) is 21.7 Å². The average molecular weight is 867 g/mol. The number of unbranched alkanes of at least 4 members (excludes halogenated alkanes) is 2. The highest BCUT2D eigenvalue weighted by Gasteiger charge is 2.21. The molecule has 2 aliphatic heterocycles. The van der Waals surface area contributed by atoms with Crippen LogP contribution in [0.25, 0.3) is 0 Å². The highest BCUT2D eigenvalue weighted by molar-refractivity contribution is 8.00. The maximum atomic E-state index is 10.8. The first kappa shape index (κ1) is 51.4. The molecule has 0 unspecified atom stereocenters. The number of rotatable bonds is 16. The number of fused-ring (bicyclic) bond motifs is 2. The molecule has 2 aromatic carbocycles. The van der Waals surface area contributed by atoms with Crippen molar-refractivity contribution < 1.29 is 54.7 Å². The van der Waals surface area contributed by atoms with Gasteiger partial charge in [0.2, 0.25) is 0 Å². The Balaban J connectivity index is 0.000000375. The summed E-state index contributed by atoms with van der Waals surface area (Å²) in [5.41, 5.74) is 12.7. The van der Waals surface area contributed by atoms with Gasteiger partial charge in [-0.15, -0.1) is 23.5 Å². The van der Waals surface area contributed by atoms with Crippen LogP contribution in [0.3, 0.4) is 0 Å². The van der Waals surface area contributed by atoms with Crippen molar-refractivity contribution in [3.05, 3.63) is 36.4 Å². The van der Waals surface area contributed by atoms with Crippen LogP contribution in [0.1, 0.15) is 52.4 Å². The van der Waals surface area contributed by atoms with Crippen LogP contribution in [-0.4, -0.2) is 149 Å². The maximum Gasteiger partial charge on any atom is 0.320 e. The van der Waals surface area contributed by atoms with Gasteiger partial charge in [0.05, 0.1) is 88.3 Å². The number of quaternary nitrogens is 2. The second kappa shape index (κ2) is 23.1. The van der Waals surface area contributed by atoms with E-state index in [1.165, 1.54) is 24.3 Å². The molecule has 2 heterocycles. The lowest BCUT2D eigenvalue weighted by atomic mass is 10.1. The average Bonchev–Trinajstić information content (AvgIpc) is 3.70. The van der Waals surface area contributed by atoms with Crippen LogP contribution >= 0.6 is 23.5 Å². The molecule has 2 atom stereocenters. The third-order valence-corrected chi connectivity index (χ3v) is 12.3. The van der Waals surface area contributed by atoms with Crippen LogP contribution < -0.4 is 21.3 Å². The number of nitrogens with zero attached hydrogens (tertiary/aromatic N) is 4. The Morgan fingerprint density at radius 3 is 1.25 bits per heavy atom. The second-order valence-corrected chi connectivity index (χ2v) is 20.1. The molecule has 0 bridgehead atoms. The SMILES string of the molecule is CCN1CSc2cc(S(=O)(=O)[O-])ccc21.CCN1CSc2cc(S(=O)(=O)[O-])ccc21.C[N+](C)(C)CCCC[C@H](N)C(=O)O.C[N+](C)(C)CCCC[C@H](N)C(=O)O. The van der Waals surface area contributed by atoms with Crippen LogP contribution in [-0.2, 0) is 29.8 Å². The van der Waals surface area contributed by atoms with Crippen molar-refractivity contribution >= 4 is 67.1 Å². The van der Waals surface area contributed by atoms with Gasteiger partial charge in [-0.2, -0.15) is 0 Å².